The third kappa shape index (κ3) is 7.10. The number of carbonyl (C=O) groups is 2. The largest absolute Gasteiger partial charge is 0.497 e. The number of nitrogens with one attached hydrogen (secondary N) is 2. The molecule has 3 aromatic rings. The number of hydrogen-bond acceptors (Lipinski definition) is 5. The van der Waals surface area contributed by atoms with Crippen molar-refractivity contribution in [3.05, 3.63) is 89.5 Å². The smallest absolute Gasteiger partial charge is 0.329 e. The van der Waals surface area contributed by atoms with Crippen molar-refractivity contribution in [1.82, 2.24) is 10.0 Å². The number of hydrogen-bond donors (Lipinski definition) is 2. The van der Waals surface area contributed by atoms with Crippen LogP contribution in [0.1, 0.15) is 30.5 Å². The molecule has 2 N–H and O–H groups in total. The minimum atomic E-state index is -4.15. The van der Waals surface area contributed by atoms with Crippen LogP contribution in [0.25, 0.3) is 0 Å². The zero-order chi connectivity index (χ0) is 27.0. The van der Waals surface area contributed by atoms with Crippen molar-refractivity contribution in [2.24, 2.45) is 0 Å². The Bertz CT molecular complexity index is 1330. The van der Waals surface area contributed by atoms with E-state index in [2.05, 4.69) is 10.0 Å². The molecule has 0 bridgehead atoms. The van der Waals surface area contributed by atoms with Crippen LogP contribution in [0.2, 0.25) is 0 Å². The highest BCUT2D eigenvalue weighted by Crippen LogP contribution is 2.21. The Labute approximate surface area is 218 Å². The van der Waals surface area contributed by atoms with Crippen LogP contribution in [0, 0.1) is 6.92 Å². The Balaban J connectivity index is 1.86. The highest BCUT2D eigenvalue weighted by Gasteiger charge is 2.29. The summed E-state index contributed by atoms with van der Waals surface area (Å²) in [5.74, 6) is 0.284. The highest BCUT2D eigenvalue weighted by atomic mass is 32.2. The number of ether oxygens (including phenoxy) is 1. The van der Waals surface area contributed by atoms with E-state index in [9.17, 15) is 18.0 Å². The van der Waals surface area contributed by atoms with Crippen molar-refractivity contribution in [2.75, 3.05) is 18.6 Å². The molecule has 9 heteroatoms. The fourth-order valence-corrected chi connectivity index (χ4v) is 5.20. The lowest BCUT2D eigenvalue weighted by molar-refractivity contribution is -0.120. The van der Waals surface area contributed by atoms with Gasteiger partial charge in [-0.3, -0.25) is 4.79 Å². The van der Waals surface area contributed by atoms with Gasteiger partial charge in [-0.25, -0.2) is 17.9 Å². The lowest BCUT2D eigenvalue weighted by Gasteiger charge is -2.27. The van der Waals surface area contributed by atoms with Crippen LogP contribution in [0.15, 0.2) is 77.7 Å². The number of urea groups is 1. The summed E-state index contributed by atoms with van der Waals surface area (Å²) < 4.78 is 33.4. The maximum atomic E-state index is 13.6. The summed E-state index contributed by atoms with van der Waals surface area (Å²) in [6.45, 7) is 5.77. The van der Waals surface area contributed by atoms with Gasteiger partial charge in [0.15, 0.2) is 0 Å². The number of likely N-dealkylation sites (N-methyl/N-ethyl adjacent to an activating group) is 1. The second-order valence-corrected chi connectivity index (χ2v) is 10.2. The van der Waals surface area contributed by atoms with Crippen molar-refractivity contribution in [3.8, 4) is 5.75 Å². The van der Waals surface area contributed by atoms with E-state index in [4.69, 9.17) is 4.74 Å². The monoisotopic (exact) mass is 523 g/mol. The number of anilines is 1. The van der Waals surface area contributed by atoms with Crippen molar-refractivity contribution in [3.63, 3.8) is 0 Å². The van der Waals surface area contributed by atoms with Gasteiger partial charge in [-0.1, -0.05) is 49.4 Å². The summed E-state index contributed by atoms with van der Waals surface area (Å²) in [6, 6.07) is 19.4. The first kappa shape index (κ1) is 27.7. The molecule has 0 heterocycles. The number of sulfonamides is 1. The summed E-state index contributed by atoms with van der Waals surface area (Å²) in [5, 5.41) is 2.60. The van der Waals surface area contributed by atoms with Gasteiger partial charge in [-0.2, -0.15) is 0 Å². The number of nitrogens with zero attached hydrogens (tertiary/aromatic N) is 1. The number of amides is 3. The SMILES string of the molecule is CCc1ccc(C)c(S(=O)(=O)NC(=O)NC(Cc2ccccc2)C(=O)N(CC)c2ccc(OC)cc2)c1. The Morgan fingerprint density at radius 2 is 1.62 bits per heavy atom. The van der Waals surface area contributed by atoms with E-state index >= 15 is 0 Å². The van der Waals surface area contributed by atoms with Gasteiger partial charge in [-0.15, -0.1) is 0 Å². The van der Waals surface area contributed by atoms with E-state index < -0.39 is 22.1 Å². The topological polar surface area (TPSA) is 105 Å². The fourth-order valence-electron chi connectivity index (χ4n) is 3.98. The average molecular weight is 524 g/mol. The molecule has 0 fully saturated rings. The van der Waals surface area contributed by atoms with E-state index in [1.807, 2.05) is 50.2 Å². The molecule has 0 radical (unpaired) electrons. The Morgan fingerprint density at radius 3 is 2.22 bits per heavy atom. The Morgan fingerprint density at radius 1 is 0.946 bits per heavy atom. The molecule has 0 aliphatic heterocycles. The summed E-state index contributed by atoms with van der Waals surface area (Å²) in [7, 11) is -2.59. The number of carbonyl (C=O) groups excluding carboxylic acids is 2. The standard InChI is InChI=1S/C28H33N3O5S/c1-5-21-13-12-20(3)26(19-21)37(34,35)30-28(33)29-25(18-22-10-8-7-9-11-22)27(32)31(6-2)23-14-16-24(36-4)17-15-23/h7-17,19,25H,5-6,18H2,1-4H3,(H2,29,30,33). The predicted molar refractivity (Wildman–Crippen MR) is 144 cm³/mol. The molecule has 196 valence electrons. The second kappa shape index (κ2) is 12.4. The average Bonchev–Trinajstić information content (AvgIpc) is 2.89. The summed E-state index contributed by atoms with van der Waals surface area (Å²) in [4.78, 5) is 28.2. The second-order valence-electron chi connectivity index (χ2n) is 8.56. The van der Waals surface area contributed by atoms with Crippen LogP contribution in [0.5, 0.6) is 5.75 Å². The van der Waals surface area contributed by atoms with Crippen LogP contribution in [-0.2, 0) is 27.7 Å². The van der Waals surface area contributed by atoms with Gasteiger partial charge in [0, 0.05) is 18.7 Å². The quantitative estimate of drug-likeness (QED) is 0.414. The van der Waals surface area contributed by atoms with E-state index in [0.29, 0.717) is 30.0 Å². The van der Waals surface area contributed by atoms with Gasteiger partial charge < -0.3 is 15.0 Å². The fraction of sp³-hybridized carbons (Fsp3) is 0.286. The van der Waals surface area contributed by atoms with Crippen LogP contribution in [0.4, 0.5) is 10.5 Å². The van der Waals surface area contributed by atoms with Gasteiger partial charge in [0.05, 0.1) is 12.0 Å². The highest BCUT2D eigenvalue weighted by molar-refractivity contribution is 7.90. The van der Waals surface area contributed by atoms with Gasteiger partial charge in [-0.05, 0) is 67.3 Å². The van der Waals surface area contributed by atoms with Gasteiger partial charge in [0.1, 0.15) is 11.8 Å². The lowest BCUT2D eigenvalue weighted by Crippen LogP contribution is -2.53. The maximum absolute atomic E-state index is 13.6. The molecule has 0 aliphatic carbocycles. The molecule has 1 atom stereocenters. The first-order valence-corrected chi connectivity index (χ1v) is 13.6. The third-order valence-corrected chi connectivity index (χ3v) is 7.50. The number of aryl methyl sites for hydroxylation is 2. The first-order valence-electron chi connectivity index (χ1n) is 12.1. The number of rotatable bonds is 10. The molecular formula is C28H33N3O5S. The van der Waals surface area contributed by atoms with E-state index in [1.54, 1.807) is 50.4 Å². The van der Waals surface area contributed by atoms with Crippen molar-refractivity contribution in [1.29, 1.82) is 0 Å². The number of benzene rings is 3. The molecule has 1 unspecified atom stereocenters. The van der Waals surface area contributed by atoms with E-state index in [0.717, 1.165) is 11.1 Å². The zero-order valence-corrected chi connectivity index (χ0v) is 22.3. The molecule has 0 saturated carbocycles. The molecule has 3 aromatic carbocycles. The molecular weight excluding hydrogens is 490 g/mol. The normalized spacial score (nSPS) is 11.9. The minimum Gasteiger partial charge on any atom is -0.497 e. The molecule has 8 nitrogen and oxygen atoms in total. The van der Waals surface area contributed by atoms with E-state index in [1.165, 1.54) is 4.90 Å². The molecule has 0 spiro atoms. The van der Waals surface area contributed by atoms with Gasteiger partial charge in [0.25, 0.3) is 10.0 Å². The lowest BCUT2D eigenvalue weighted by atomic mass is 10.0. The van der Waals surface area contributed by atoms with Crippen LogP contribution >= 0.6 is 0 Å². The van der Waals surface area contributed by atoms with Crippen molar-refractivity contribution < 1.29 is 22.7 Å². The van der Waals surface area contributed by atoms with Crippen LogP contribution in [0.3, 0.4) is 0 Å². The predicted octanol–water partition coefficient (Wildman–Crippen LogP) is 4.22. The number of methoxy groups -OCH3 is 1. The van der Waals surface area contributed by atoms with Crippen molar-refractivity contribution in [2.45, 2.75) is 44.6 Å². The molecule has 3 rings (SSSR count). The van der Waals surface area contributed by atoms with E-state index in [-0.39, 0.29) is 17.2 Å². The van der Waals surface area contributed by atoms with Gasteiger partial charge >= 0.3 is 6.03 Å². The third-order valence-electron chi connectivity index (χ3n) is 6.03. The summed E-state index contributed by atoms with van der Waals surface area (Å²) in [6.07, 6.45) is 0.838. The Kier molecular flexibility index (Phi) is 9.30. The molecule has 0 saturated heterocycles. The minimum absolute atomic E-state index is 0.0290. The van der Waals surface area contributed by atoms with Crippen LogP contribution < -0.4 is 19.7 Å². The molecule has 0 aliphatic rings. The maximum Gasteiger partial charge on any atom is 0.329 e. The first-order chi connectivity index (χ1) is 17.7. The van der Waals surface area contributed by atoms with Crippen LogP contribution in [-0.4, -0.2) is 40.1 Å². The zero-order valence-electron chi connectivity index (χ0n) is 21.5. The molecule has 3 amide bonds. The van der Waals surface area contributed by atoms with Crippen molar-refractivity contribution >= 4 is 27.6 Å². The van der Waals surface area contributed by atoms with Gasteiger partial charge in [0.2, 0.25) is 5.91 Å². The summed E-state index contributed by atoms with van der Waals surface area (Å²) >= 11 is 0. The molecule has 0 aromatic heterocycles. The summed E-state index contributed by atoms with van der Waals surface area (Å²) in [5.41, 5.74) is 2.81. The Hall–Kier alpha value is -3.85. The molecule has 37 heavy (non-hydrogen) atoms.